The van der Waals surface area contributed by atoms with Crippen LogP contribution in [0.5, 0.6) is 0 Å². The van der Waals surface area contributed by atoms with E-state index >= 15 is 0 Å². The first kappa shape index (κ1) is 12.4. The number of piperazine rings is 1. The quantitative estimate of drug-likeness (QED) is 0.872. The predicted octanol–water partition coefficient (Wildman–Crippen LogP) is 0.951. The Balaban J connectivity index is 1.49. The number of benzene rings is 1. The molecule has 2 atom stereocenters. The van der Waals surface area contributed by atoms with E-state index < -0.39 is 6.10 Å². The summed E-state index contributed by atoms with van der Waals surface area (Å²) in [4.78, 5) is 16.4. The van der Waals surface area contributed by atoms with Crippen LogP contribution in [-0.2, 0) is 11.2 Å². The van der Waals surface area contributed by atoms with Crippen LogP contribution >= 0.6 is 0 Å². The van der Waals surface area contributed by atoms with Gasteiger partial charge in [0.1, 0.15) is 0 Å². The van der Waals surface area contributed by atoms with Gasteiger partial charge in [-0.25, -0.2) is 0 Å². The number of carbonyl (C=O) groups is 1. The maximum absolute atomic E-state index is 12.2. The van der Waals surface area contributed by atoms with Gasteiger partial charge in [0.05, 0.1) is 12.6 Å². The van der Waals surface area contributed by atoms with E-state index in [4.69, 9.17) is 0 Å². The number of carbonyl (C=O) groups excluding carboxylic acids is 1. The van der Waals surface area contributed by atoms with Crippen molar-refractivity contribution in [2.45, 2.75) is 37.5 Å². The highest BCUT2D eigenvalue weighted by Gasteiger charge is 2.41. The first-order chi connectivity index (χ1) is 9.74. The summed E-state index contributed by atoms with van der Waals surface area (Å²) in [5, 5.41) is 10.5. The summed E-state index contributed by atoms with van der Waals surface area (Å²) >= 11 is 0. The van der Waals surface area contributed by atoms with Crippen LogP contribution in [-0.4, -0.2) is 52.5 Å². The number of hydrogen-bond acceptors (Lipinski definition) is 3. The molecule has 0 radical (unpaired) electrons. The third-order valence-corrected chi connectivity index (χ3v) is 4.91. The average Bonchev–Trinajstić information content (AvgIpc) is 3.24. The maximum Gasteiger partial charge on any atom is 0.237 e. The number of fused-ring (bicyclic) bond motifs is 1. The molecule has 1 saturated carbocycles. The van der Waals surface area contributed by atoms with Gasteiger partial charge >= 0.3 is 0 Å². The first-order valence-electron chi connectivity index (χ1n) is 7.53. The molecule has 20 heavy (non-hydrogen) atoms. The van der Waals surface area contributed by atoms with Gasteiger partial charge in [-0.1, -0.05) is 24.3 Å². The lowest BCUT2D eigenvalue weighted by Crippen LogP contribution is -2.55. The summed E-state index contributed by atoms with van der Waals surface area (Å²) in [7, 11) is 0. The third-order valence-electron chi connectivity index (χ3n) is 4.91. The molecule has 4 nitrogen and oxygen atoms in total. The van der Waals surface area contributed by atoms with E-state index in [0.29, 0.717) is 12.6 Å². The van der Waals surface area contributed by atoms with Gasteiger partial charge in [0.15, 0.2) is 0 Å². The van der Waals surface area contributed by atoms with Crippen molar-refractivity contribution in [1.29, 1.82) is 0 Å². The molecule has 1 saturated heterocycles. The fraction of sp³-hybridized carbons (Fsp3) is 0.562. The van der Waals surface area contributed by atoms with Crippen molar-refractivity contribution in [2.24, 2.45) is 0 Å². The second-order valence-electron chi connectivity index (χ2n) is 6.20. The lowest BCUT2D eigenvalue weighted by atomic mass is 10.1. The van der Waals surface area contributed by atoms with Crippen LogP contribution in [0.2, 0.25) is 0 Å². The van der Waals surface area contributed by atoms with Crippen LogP contribution in [0, 0.1) is 0 Å². The molecule has 106 valence electrons. The Kier molecular flexibility index (Phi) is 2.82. The summed E-state index contributed by atoms with van der Waals surface area (Å²) in [5.41, 5.74) is 2.26. The molecule has 0 bridgehead atoms. The minimum atomic E-state index is -0.452. The summed E-state index contributed by atoms with van der Waals surface area (Å²) in [6, 6.07) is 8.65. The monoisotopic (exact) mass is 272 g/mol. The lowest BCUT2D eigenvalue weighted by molar-refractivity contribution is -0.138. The largest absolute Gasteiger partial charge is 0.387 e. The molecule has 2 fully saturated rings. The Bertz CT molecular complexity index is 541. The average molecular weight is 272 g/mol. The first-order valence-corrected chi connectivity index (χ1v) is 7.53. The van der Waals surface area contributed by atoms with E-state index in [9.17, 15) is 9.90 Å². The highest BCUT2D eigenvalue weighted by atomic mass is 16.3. The Morgan fingerprint density at radius 2 is 1.95 bits per heavy atom. The number of nitrogens with zero attached hydrogens (tertiary/aromatic N) is 2. The minimum Gasteiger partial charge on any atom is -0.387 e. The minimum absolute atomic E-state index is 0.0673. The molecule has 4 rings (SSSR count). The Labute approximate surface area is 119 Å². The molecule has 0 spiro atoms. The number of amides is 1. The van der Waals surface area contributed by atoms with Crippen molar-refractivity contribution >= 4 is 5.91 Å². The van der Waals surface area contributed by atoms with Crippen LogP contribution in [0.25, 0.3) is 0 Å². The Morgan fingerprint density at radius 3 is 2.65 bits per heavy atom. The molecular weight excluding hydrogens is 252 g/mol. The van der Waals surface area contributed by atoms with E-state index in [0.717, 1.165) is 25.1 Å². The van der Waals surface area contributed by atoms with Gasteiger partial charge in [-0.05, 0) is 30.4 Å². The molecule has 1 N–H and O–H groups in total. The van der Waals surface area contributed by atoms with Gasteiger partial charge in [-0.3, -0.25) is 9.69 Å². The molecule has 0 unspecified atom stereocenters. The van der Waals surface area contributed by atoms with Crippen molar-refractivity contribution in [3.05, 3.63) is 35.4 Å². The summed E-state index contributed by atoms with van der Waals surface area (Å²) in [6.45, 7) is 2.17. The highest BCUT2D eigenvalue weighted by molar-refractivity contribution is 5.79. The highest BCUT2D eigenvalue weighted by Crippen LogP contribution is 2.35. The second kappa shape index (κ2) is 4.57. The molecule has 1 aromatic rings. The van der Waals surface area contributed by atoms with Crippen LogP contribution < -0.4 is 0 Å². The lowest BCUT2D eigenvalue weighted by Gasteiger charge is -2.38. The van der Waals surface area contributed by atoms with Crippen LogP contribution in [0.4, 0.5) is 0 Å². The second-order valence-corrected chi connectivity index (χ2v) is 6.20. The molecule has 0 aromatic heterocycles. The van der Waals surface area contributed by atoms with Crippen molar-refractivity contribution in [1.82, 2.24) is 9.80 Å². The standard InChI is InChI=1S/C16H20N2O2/c19-15-10-17(7-8-18(15)12-5-6-12)14-9-11-3-1-2-4-13(11)16(14)20/h1-4,12,14,16,20H,5-10H2/t14-,16-/m0/s1. The van der Waals surface area contributed by atoms with Gasteiger partial charge in [0.25, 0.3) is 0 Å². The smallest absolute Gasteiger partial charge is 0.237 e. The molecular formula is C16H20N2O2. The van der Waals surface area contributed by atoms with Gasteiger partial charge in [0, 0.05) is 25.2 Å². The Morgan fingerprint density at radius 1 is 1.15 bits per heavy atom. The van der Waals surface area contributed by atoms with Crippen molar-refractivity contribution < 1.29 is 9.90 Å². The fourth-order valence-electron chi connectivity index (χ4n) is 3.64. The molecule has 4 heteroatoms. The van der Waals surface area contributed by atoms with Gasteiger partial charge in [0.2, 0.25) is 5.91 Å². The number of aliphatic hydroxyl groups is 1. The maximum atomic E-state index is 12.2. The normalized spacial score (nSPS) is 30.6. The van der Waals surface area contributed by atoms with Gasteiger partial charge in [-0.2, -0.15) is 0 Å². The summed E-state index contributed by atoms with van der Waals surface area (Å²) in [6.07, 6.45) is 2.74. The van der Waals surface area contributed by atoms with E-state index in [-0.39, 0.29) is 11.9 Å². The molecule has 1 heterocycles. The number of hydrogen-bond donors (Lipinski definition) is 1. The fourth-order valence-corrected chi connectivity index (χ4v) is 3.64. The molecule has 2 aliphatic carbocycles. The van der Waals surface area contributed by atoms with Crippen molar-refractivity contribution in [3.63, 3.8) is 0 Å². The SMILES string of the molecule is O=C1CN([C@H]2Cc3ccccc3[C@@H]2O)CCN1C1CC1. The number of rotatable bonds is 2. The van der Waals surface area contributed by atoms with E-state index in [1.165, 1.54) is 18.4 Å². The van der Waals surface area contributed by atoms with E-state index in [1.54, 1.807) is 0 Å². The molecule has 1 aliphatic heterocycles. The van der Waals surface area contributed by atoms with Crippen LogP contribution in [0.15, 0.2) is 24.3 Å². The zero-order valence-electron chi connectivity index (χ0n) is 11.5. The zero-order valence-corrected chi connectivity index (χ0v) is 11.5. The number of aliphatic hydroxyl groups excluding tert-OH is 1. The van der Waals surface area contributed by atoms with Crippen LogP contribution in [0.1, 0.15) is 30.1 Å². The summed E-state index contributed by atoms with van der Waals surface area (Å²) in [5.74, 6) is 0.238. The van der Waals surface area contributed by atoms with Crippen LogP contribution in [0.3, 0.4) is 0 Å². The van der Waals surface area contributed by atoms with Crippen molar-refractivity contribution in [2.75, 3.05) is 19.6 Å². The van der Waals surface area contributed by atoms with Gasteiger partial charge in [-0.15, -0.1) is 0 Å². The van der Waals surface area contributed by atoms with E-state index in [2.05, 4.69) is 11.0 Å². The topological polar surface area (TPSA) is 43.8 Å². The predicted molar refractivity (Wildman–Crippen MR) is 75.2 cm³/mol. The summed E-state index contributed by atoms with van der Waals surface area (Å²) < 4.78 is 0. The van der Waals surface area contributed by atoms with E-state index in [1.807, 2.05) is 23.1 Å². The molecule has 1 aromatic carbocycles. The van der Waals surface area contributed by atoms with Gasteiger partial charge < -0.3 is 10.0 Å². The third kappa shape index (κ3) is 1.95. The Hall–Kier alpha value is -1.39. The molecule has 1 amide bonds. The van der Waals surface area contributed by atoms with Crippen molar-refractivity contribution in [3.8, 4) is 0 Å². The molecule has 3 aliphatic rings. The zero-order chi connectivity index (χ0) is 13.7.